The minimum atomic E-state index is -4.79. The molecule has 7 rings (SSSR count). The number of halogens is 6. The maximum Gasteiger partial charge on any atom is 0.421 e. The van der Waals surface area contributed by atoms with E-state index >= 15 is 13.2 Å². The van der Waals surface area contributed by atoms with Crippen LogP contribution in [0.2, 0.25) is 0 Å². The highest BCUT2D eigenvalue weighted by Gasteiger charge is 2.40. The first kappa shape index (κ1) is 43.6. The maximum atomic E-state index is 15.4. The lowest BCUT2D eigenvalue weighted by atomic mass is 9.89. The number of alkyl halides is 3. The van der Waals surface area contributed by atoms with E-state index in [-0.39, 0.29) is 65.5 Å². The topological polar surface area (TPSA) is 160 Å². The number of β-amino-alcohol motifs (C(OH)–C–C–N with tert-alkyl or cyclic N) is 1. The van der Waals surface area contributed by atoms with Crippen molar-refractivity contribution in [1.82, 2.24) is 24.9 Å². The summed E-state index contributed by atoms with van der Waals surface area (Å²) in [6.07, 6.45) is -1.26. The number of amides is 2. The van der Waals surface area contributed by atoms with Gasteiger partial charge in [0, 0.05) is 69.6 Å². The Balaban J connectivity index is 0.917. The number of likely N-dealkylation sites (tertiary alicyclic amines) is 1. The quantitative estimate of drug-likeness (QED) is 0.152. The number of hydrogen-bond acceptors (Lipinski definition) is 11. The Labute approximate surface area is 344 Å². The van der Waals surface area contributed by atoms with E-state index in [1.165, 1.54) is 17.9 Å². The molecule has 0 spiro atoms. The highest BCUT2D eigenvalue weighted by Crippen LogP contribution is 2.38. The summed E-state index contributed by atoms with van der Waals surface area (Å²) in [5.74, 6) is -4.95. The van der Waals surface area contributed by atoms with Crippen LogP contribution in [0.25, 0.3) is 0 Å². The summed E-state index contributed by atoms with van der Waals surface area (Å²) in [7, 11) is -4.18. The first-order valence-electron chi connectivity index (χ1n) is 20.1. The summed E-state index contributed by atoms with van der Waals surface area (Å²) in [4.78, 5) is 36.5. The molecule has 4 saturated heterocycles. The second-order valence-electron chi connectivity index (χ2n) is 16.7. The van der Waals surface area contributed by atoms with Gasteiger partial charge in [-0.1, -0.05) is 6.92 Å². The molecule has 1 unspecified atom stereocenters. The zero-order valence-corrected chi connectivity index (χ0v) is 34.0. The normalized spacial score (nSPS) is 25.1. The van der Waals surface area contributed by atoms with Gasteiger partial charge in [-0.25, -0.2) is 31.3 Å². The third-order valence-corrected chi connectivity index (χ3v) is 13.5. The van der Waals surface area contributed by atoms with Crippen molar-refractivity contribution in [3.8, 4) is 0 Å². The summed E-state index contributed by atoms with van der Waals surface area (Å²) >= 11 is 0. The number of sulfonamides is 1. The van der Waals surface area contributed by atoms with Crippen molar-refractivity contribution >= 4 is 45.0 Å². The monoisotopic (exact) mass is 866 g/mol. The fraction of sp³-hybridized carbons (Fsp3) is 0.550. The molecule has 20 heteroatoms. The summed E-state index contributed by atoms with van der Waals surface area (Å²) in [6, 6.07) is 4.88. The fourth-order valence-electron chi connectivity index (χ4n) is 8.77. The Hall–Kier alpha value is -4.53. The van der Waals surface area contributed by atoms with Crippen molar-refractivity contribution in [3.63, 3.8) is 0 Å². The molecular formula is C40H48F6N8O5S. The Morgan fingerprint density at radius 2 is 1.72 bits per heavy atom. The predicted octanol–water partition coefficient (Wildman–Crippen LogP) is 5.43. The lowest BCUT2D eigenvalue weighted by Crippen LogP contribution is -2.51. The molecule has 4 aliphatic heterocycles. The van der Waals surface area contributed by atoms with E-state index < -0.39 is 74.4 Å². The van der Waals surface area contributed by atoms with Crippen LogP contribution < -0.4 is 25.2 Å². The Kier molecular flexibility index (Phi) is 12.4. The average Bonchev–Trinajstić information content (AvgIpc) is 3.17. The largest absolute Gasteiger partial charge is 0.421 e. The van der Waals surface area contributed by atoms with Gasteiger partial charge < -0.3 is 25.1 Å². The van der Waals surface area contributed by atoms with Gasteiger partial charge in [-0.05, 0) is 88.1 Å². The summed E-state index contributed by atoms with van der Waals surface area (Å²) in [6.45, 7) is 6.49. The summed E-state index contributed by atoms with van der Waals surface area (Å²) < 4.78 is 117. The van der Waals surface area contributed by atoms with Crippen molar-refractivity contribution in [3.05, 3.63) is 65.1 Å². The molecule has 326 valence electrons. The van der Waals surface area contributed by atoms with Gasteiger partial charge in [0.15, 0.2) is 0 Å². The number of benzene rings is 2. The number of nitrogens with zero attached hydrogens (tertiary/aromatic N) is 5. The van der Waals surface area contributed by atoms with Gasteiger partial charge in [-0.3, -0.25) is 14.9 Å². The molecule has 4 fully saturated rings. The van der Waals surface area contributed by atoms with Crippen LogP contribution in [0, 0.1) is 29.3 Å². The lowest BCUT2D eigenvalue weighted by molar-refractivity contribution is -0.138. The third-order valence-electron chi connectivity index (χ3n) is 12.0. The van der Waals surface area contributed by atoms with Crippen LogP contribution >= 0.6 is 0 Å². The van der Waals surface area contributed by atoms with E-state index in [1.807, 2.05) is 6.92 Å². The van der Waals surface area contributed by atoms with Gasteiger partial charge in [0.05, 0.1) is 27.8 Å². The van der Waals surface area contributed by atoms with E-state index in [2.05, 4.69) is 30.2 Å². The van der Waals surface area contributed by atoms with Crippen LogP contribution in [0.5, 0.6) is 0 Å². The number of rotatable bonds is 10. The Bertz CT molecular complexity index is 2220. The number of imide groups is 1. The molecule has 5 heterocycles. The van der Waals surface area contributed by atoms with Crippen LogP contribution in [-0.4, -0.2) is 97.7 Å². The van der Waals surface area contributed by atoms with Gasteiger partial charge in [-0.2, -0.15) is 18.2 Å². The number of hydrogen-bond donors (Lipinski definition) is 4. The first-order chi connectivity index (χ1) is 28.3. The number of nitrogens with one attached hydrogen (secondary N) is 3. The van der Waals surface area contributed by atoms with Gasteiger partial charge in [-0.15, -0.1) is 0 Å². The van der Waals surface area contributed by atoms with Crippen LogP contribution in [0.15, 0.2) is 41.4 Å². The first-order valence-corrected chi connectivity index (χ1v) is 21.5. The number of carbonyl (C=O) groups excluding carboxylic acids is 2. The molecule has 4 atom stereocenters. The van der Waals surface area contributed by atoms with E-state index in [4.69, 9.17) is 0 Å². The SMILES string of the molecule is C[C@H]1CN(CC2CCN(c3cc(F)c(C4CCC(=O)NC4=O)cc3F)CC2)CC[C@H]1NS(=O)(=O)c1ccc(Nc2ncc(C(F)(F)F)c(N3CCC[C@](C)(O)C3)n2)c(F)c1. The molecule has 1 aromatic heterocycles. The predicted molar refractivity (Wildman–Crippen MR) is 210 cm³/mol. The van der Waals surface area contributed by atoms with Crippen LogP contribution in [-0.2, 0) is 25.8 Å². The average molecular weight is 867 g/mol. The molecule has 60 heavy (non-hydrogen) atoms. The van der Waals surface area contributed by atoms with Crippen molar-refractivity contribution in [1.29, 1.82) is 0 Å². The van der Waals surface area contributed by atoms with Gasteiger partial charge in [0.2, 0.25) is 27.8 Å². The number of piperidine rings is 4. The van der Waals surface area contributed by atoms with Gasteiger partial charge in [0.1, 0.15) is 28.8 Å². The van der Waals surface area contributed by atoms with E-state index in [9.17, 15) is 36.3 Å². The third kappa shape index (κ3) is 9.81. The molecule has 13 nitrogen and oxygen atoms in total. The van der Waals surface area contributed by atoms with Crippen molar-refractivity contribution in [2.45, 2.75) is 87.4 Å². The minimum Gasteiger partial charge on any atom is -0.388 e. The second-order valence-corrected chi connectivity index (χ2v) is 18.4. The number of anilines is 4. The summed E-state index contributed by atoms with van der Waals surface area (Å²) in [5.41, 5.74) is -2.53. The van der Waals surface area contributed by atoms with Crippen molar-refractivity contribution in [2.24, 2.45) is 11.8 Å². The Morgan fingerprint density at radius 1 is 0.967 bits per heavy atom. The molecular weight excluding hydrogens is 819 g/mol. The van der Waals surface area contributed by atoms with Crippen LogP contribution in [0.1, 0.15) is 75.8 Å². The maximum absolute atomic E-state index is 15.4. The molecule has 2 aromatic carbocycles. The van der Waals surface area contributed by atoms with Gasteiger partial charge >= 0.3 is 6.18 Å². The standard InChI is InChI=1S/C40H48F6N8O5S/c1-23-20-52(21-24-8-14-53(15-9-24)34-18-29(41)27(17-31(34)43)26-5-7-35(55)49-37(26)56)13-10-32(23)51-60(58,59)25-4-6-33(30(42)16-25)48-38-47-19-28(40(44,45)46)36(50-38)54-12-3-11-39(2,57)22-54/h4,6,16-19,23-24,26,32,51,57H,3,5,7-15,20-22H2,1-2H3,(H,47,48,50)(H,49,55,56)/t23-,26?,32+,39-/m0/s1. The molecule has 3 aromatic rings. The number of aliphatic hydroxyl groups is 1. The highest BCUT2D eigenvalue weighted by molar-refractivity contribution is 7.89. The van der Waals surface area contributed by atoms with Crippen LogP contribution in [0.3, 0.4) is 0 Å². The lowest BCUT2D eigenvalue weighted by Gasteiger charge is -2.41. The van der Waals surface area contributed by atoms with E-state index in [0.29, 0.717) is 51.6 Å². The van der Waals surface area contributed by atoms with E-state index in [1.54, 1.807) is 4.90 Å². The molecule has 2 amide bonds. The molecule has 4 aliphatic rings. The molecule has 0 aliphatic carbocycles. The van der Waals surface area contributed by atoms with Crippen molar-refractivity contribution in [2.75, 3.05) is 60.9 Å². The van der Waals surface area contributed by atoms with E-state index in [0.717, 1.165) is 43.7 Å². The Morgan fingerprint density at radius 3 is 2.38 bits per heavy atom. The molecule has 0 saturated carbocycles. The zero-order chi connectivity index (χ0) is 43.1. The molecule has 4 N–H and O–H groups in total. The van der Waals surface area contributed by atoms with Gasteiger partial charge in [0.25, 0.3) is 0 Å². The number of aromatic nitrogens is 2. The zero-order valence-electron chi connectivity index (χ0n) is 33.2. The number of carbonyl (C=O) groups is 2. The van der Waals surface area contributed by atoms with Crippen molar-refractivity contribution < 1.29 is 49.5 Å². The molecule has 0 bridgehead atoms. The second kappa shape index (κ2) is 17.1. The summed E-state index contributed by atoms with van der Waals surface area (Å²) in [5, 5.41) is 15.2. The minimum absolute atomic E-state index is 0.0547. The van der Waals surface area contributed by atoms with Crippen LogP contribution in [0.4, 0.5) is 49.5 Å². The fourth-order valence-corrected chi connectivity index (χ4v) is 10.2. The molecule has 0 radical (unpaired) electrons. The highest BCUT2D eigenvalue weighted by atomic mass is 32.2. The smallest absolute Gasteiger partial charge is 0.388 e.